The summed E-state index contributed by atoms with van der Waals surface area (Å²) in [7, 11) is 0. The second-order valence-electron chi connectivity index (χ2n) is 4.70. The largest absolute Gasteiger partial charge is 0.379 e. The molecular formula is C14H18N4O2. The van der Waals surface area contributed by atoms with Crippen molar-refractivity contribution in [1.29, 1.82) is 0 Å². The molecule has 2 aromatic rings. The maximum Gasteiger partial charge on any atom is 0.317 e. The van der Waals surface area contributed by atoms with Crippen LogP contribution in [0.4, 0.5) is 11.4 Å². The van der Waals surface area contributed by atoms with Crippen molar-refractivity contribution >= 4 is 11.4 Å². The topological polar surface area (TPSA) is 73.0 Å². The van der Waals surface area contributed by atoms with Crippen molar-refractivity contribution in [2.24, 2.45) is 0 Å². The lowest BCUT2D eigenvalue weighted by Crippen LogP contribution is -2.08. The van der Waals surface area contributed by atoms with Crippen molar-refractivity contribution in [1.82, 2.24) is 9.78 Å². The summed E-state index contributed by atoms with van der Waals surface area (Å²) in [5.74, 6) is 0. The molecular weight excluding hydrogens is 256 g/mol. The van der Waals surface area contributed by atoms with Crippen LogP contribution in [0.5, 0.6) is 0 Å². The minimum absolute atomic E-state index is 0.0622. The molecule has 6 nitrogen and oxygen atoms in total. The molecule has 0 aliphatic rings. The average Bonchev–Trinajstić information content (AvgIpc) is 2.74. The fourth-order valence-electron chi connectivity index (χ4n) is 2.17. The predicted octanol–water partition coefficient (Wildman–Crippen LogP) is 3.22. The number of para-hydroxylation sites is 1. The van der Waals surface area contributed by atoms with E-state index < -0.39 is 0 Å². The van der Waals surface area contributed by atoms with Gasteiger partial charge < -0.3 is 5.32 Å². The zero-order chi connectivity index (χ0) is 14.7. The molecule has 0 fully saturated rings. The van der Waals surface area contributed by atoms with Crippen LogP contribution in [-0.2, 0) is 0 Å². The van der Waals surface area contributed by atoms with Crippen LogP contribution < -0.4 is 5.32 Å². The second kappa shape index (κ2) is 5.73. The van der Waals surface area contributed by atoms with Gasteiger partial charge in [-0.2, -0.15) is 5.10 Å². The number of nitro groups is 1. The number of aromatic nitrogens is 2. The van der Waals surface area contributed by atoms with Crippen LogP contribution in [0.3, 0.4) is 0 Å². The fourth-order valence-corrected chi connectivity index (χ4v) is 2.17. The van der Waals surface area contributed by atoms with E-state index in [1.807, 2.05) is 26.8 Å². The van der Waals surface area contributed by atoms with Gasteiger partial charge in [0.2, 0.25) is 0 Å². The molecule has 0 aliphatic heterocycles. The molecule has 0 aliphatic carbocycles. The number of rotatable bonds is 5. The third-order valence-electron chi connectivity index (χ3n) is 3.00. The van der Waals surface area contributed by atoms with Crippen molar-refractivity contribution < 1.29 is 4.92 Å². The number of hydrogen-bond acceptors (Lipinski definition) is 4. The zero-order valence-corrected chi connectivity index (χ0v) is 11.9. The van der Waals surface area contributed by atoms with Crippen LogP contribution in [0.15, 0.2) is 24.3 Å². The monoisotopic (exact) mass is 274 g/mol. The summed E-state index contributed by atoms with van der Waals surface area (Å²) in [5.41, 5.74) is 2.79. The highest BCUT2D eigenvalue weighted by Crippen LogP contribution is 2.32. The van der Waals surface area contributed by atoms with Gasteiger partial charge in [-0.1, -0.05) is 13.0 Å². The Kier molecular flexibility index (Phi) is 4.02. The van der Waals surface area contributed by atoms with E-state index in [-0.39, 0.29) is 10.6 Å². The number of nitrogens with zero attached hydrogens (tertiary/aromatic N) is 3. The first kappa shape index (κ1) is 14.0. The van der Waals surface area contributed by atoms with E-state index in [0.29, 0.717) is 17.9 Å². The van der Waals surface area contributed by atoms with E-state index in [0.717, 1.165) is 17.8 Å². The molecule has 20 heavy (non-hydrogen) atoms. The lowest BCUT2D eigenvalue weighted by molar-refractivity contribution is -0.383. The first-order chi connectivity index (χ1) is 9.54. The number of benzene rings is 1. The Hall–Kier alpha value is -2.37. The first-order valence-corrected chi connectivity index (χ1v) is 6.59. The van der Waals surface area contributed by atoms with Gasteiger partial charge in [-0.15, -0.1) is 0 Å². The van der Waals surface area contributed by atoms with Gasteiger partial charge in [0, 0.05) is 12.2 Å². The van der Waals surface area contributed by atoms with E-state index in [9.17, 15) is 10.1 Å². The molecule has 0 radical (unpaired) electrons. The van der Waals surface area contributed by atoms with Crippen molar-refractivity contribution in [3.05, 3.63) is 45.8 Å². The summed E-state index contributed by atoms with van der Waals surface area (Å²) in [4.78, 5) is 11.1. The molecule has 0 amide bonds. The van der Waals surface area contributed by atoms with Gasteiger partial charge in [0.1, 0.15) is 11.4 Å². The predicted molar refractivity (Wildman–Crippen MR) is 78.5 cm³/mol. The van der Waals surface area contributed by atoms with Gasteiger partial charge in [-0.05, 0) is 38.5 Å². The van der Waals surface area contributed by atoms with E-state index in [2.05, 4.69) is 10.4 Å². The molecule has 1 aromatic carbocycles. The van der Waals surface area contributed by atoms with E-state index in [4.69, 9.17) is 0 Å². The van der Waals surface area contributed by atoms with E-state index >= 15 is 0 Å². The number of aryl methyl sites for hydroxylation is 2. The summed E-state index contributed by atoms with van der Waals surface area (Å²) in [5, 5.41) is 18.8. The number of anilines is 1. The van der Waals surface area contributed by atoms with Gasteiger partial charge in [-0.25, -0.2) is 4.68 Å². The van der Waals surface area contributed by atoms with Gasteiger partial charge >= 0.3 is 5.69 Å². The number of hydrogen-bond donors (Lipinski definition) is 1. The van der Waals surface area contributed by atoms with Crippen molar-refractivity contribution in [3.63, 3.8) is 0 Å². The standard InChI is InChI=1S/C14H18N4O2/c1-4-8-15-12-6-5-7-13(14(12)18(19)20)17-11(3)9-10(2)16-17/h5-7,9,15H,4,8H2,1-3H3. The minimum Gasteiger partial charge on any atom is -0.379 e. The zero-order valence-electron chi connectivity index (χ0n) is 11.9. The summed E-state index contributed by atoms with van der Waals surface area (Å²) in [6.45, 7) is 6.47. The Labute approximate surface area is 117 Å². The van der Waals surface area contributed by atoms with Crippen molar-refractivity contribution in [3.8, 4) is 5.69 Å². The molecule has 0 unspecified atom stereocenters. The molecule has 0 saturated carbocycles. The Bertz CT molecular complexity index is 634. The first-order valence-electron chi connectivity index (χ1n) is 6.59. The maximum absolute atomic E-state index is 11.4. The molecule has 106 valence electrons. The third kappa shape index (κ3) is 2.64. The fraction of sp³-hybridized carbons (Fsp3) is 0.357. The Morgan fingerprint density at radius 1 is 1.40 bits per heavy atom. The van der Waals surface area contributed by atoms with Crippen LogP contribution in [-0.4, -0.2) is 21.2 Å². The molecule has 0 saturated heterocycles. The quantitative estimate of drug-likeness (QED) is 0.671. The smallest absolute Gasteiger partial charge is 0.317 e. The molecule has 6 heteroatoms. The Morgan fingerprint density at radius 3 is 2.70 bits per heavy atom. The van der Waals surface area contributed by atoms with Crippen LogP contribution >= 0.6 is 0 Å². The molecule has 0 bridgehead atoms. The lowest BCUT2D eigenvalue weighted by Gasteiger charge is -2.10. The van der Waals surface area contributed by atoms with Gasteiger partial charge in [0.25, 0.3) is 0 Å². The number of nitro benzene ring substituents is 1. The van der Waals surface area contributed by atoms with Gasteiger partial charge in [-0.3, -0.25) is 10.1 Å². The van der Waals surface area contributed by atoms with Crippen LogP contribution in [0.25, 0.3) is 5.69 Å². The Morgan fingerprint density at radius 2 is 2.15 bits per heavy atom. The minimum atomic E-state index is -0.357. The van der Waals surface area contributed by atoms with Crippen LogP contribution in [0, 0.1) is 24.0 Å². The summed E-state index contributed by atoms with van der Waals surface area (Å²) >= 11 is 0. The van der Waals surface area contributed by atoms with Crippen molar-refractivity contribution in [2.75, 3.05) is 11.9 Å². The van der Waals surface area contributed by atoms with Crippen molar-refractivity contribution in [2.45, 2.75) is 27.2 Å². The van der Waals surface area contributed by atoms with E-state index in [1.54, 1.807) is 22.9 Å². The van der Waals surface area contributed by atoms with Gasteiger partial charge in [0.05, 0.1) is 10.6 Å². The lowest BCUT2D eigenvalue weighted by atomic mass is 10.2. The average molecular weight is 274 g/mol. The maximum atomic E-state index is 11.4. The van der Waals surface area contributed by atoms with Gasteiger partial charge in [0.15, 0.2) is 0 Å². The Balaban J connectivity index is 2.58. The van der Waals surface area contributed by atoms with E-state index in [1.165, 1.54) is 0 Å². The van der Waals surface area contributed by atoms with Crippen LogP contribution in [0.2, 0.25) is 0 Å². The molecule has 1 N–H and O–H groups in total. The molecule has 0 atom stereocenters. The number of nitrogens with one attached hydrogen (secondary N) is 1. The highest BCUT2D eigenvalue weighted by atomic mass is 16.6. The molecule has 0 spiro atoms. The highest BCUT2D eigenvalue weighted by Gasteiger charge is 2.22. The molecule has 2 rings (SSSR count). The molecule has 1 heterocycles. The van der Waals surface area contributed by atoms with Crippen LogP contribution in [0.1, 0.15) is 24.7 Å². The summed E-state index contributed by atoms with van der Waals surface area (Å²) in [6.07, 6.45) is 0.904. The molecule has 1 aromatic heterocycles. The summed E-state index contributed by atoms with van der Waals surface area (Å²) < 4.78 is 1.62. The highest BCUT2D eigenvalue weighted by molar-refractivity contribution is 5.71. The third-order valence-corrected chi connectivity index (χ3v) is 3.00. The summed E-state index contributed by atoms with van der Waals surface area (Å²) in [6, 6.07) is 7.14. The SMILES string of the molecule is CCCNc1cccc(-n2nc(C)cc2C)c1[N+](=O)[O-]. The normalized spacial score (nSPS) is 10.6. The second-order valence-corrected chi connectivity index (χ2v) is 4.70.